The second kappa shape index (κ2) is 11.7. The first-order valence-electron chi connectivity index (χ1n) is 11.3. The molecule has 3 fully saturated rings. The summed E-state index contributed by atoms with van der Waals surface area (Å²) in [4.78, 5) is 26.5. The van der Waals surface area contributed by atoms with Crippen LogP contribution in [0.1, 0.15) is 46.5 Å². The Balaban J connectivity index is 0.00000300. The molecule has 0 aromatic rings. The molecule has 29 heavy (non-hydrogen) atoms. The van der Waals surface area contributed by atoms with Crippen molar-refractivity contribution >= 4 is 35.8 Å². The molecule has 7 nitrogen and oxygen atoms in total. The van der Waals surface area contributed by atoms with Gasteiger partial charge < -0.3 is 15.1 Å². The van der Waals surface area contributed by atoms with Crippen LogP contribution in [-0.4, -0.2) is 109 Å². The quantitative estimate of drug-likeness (QED) is 0.315. The third-order valence-corrected chi connectivity index (χ3v) is 6.48. The number of carbonyl (C=O) groups is 1. The molecular weight excluding hydrogens is 479 g/mol. The molecule has 168 valence electrons. The number of hydrogen-bond acceptors (Lipinski definition) is 4. The molecule has 3 rings (SSSR count). The maximum absolute atomic E-state index is 12.7. The number of hydrogen-bond donors (Lipinski definition) is 1. The number of nitrogens with one attached hydrogen (secondary N) is 1. The first-order valence-corrected chi connectivity index (χ1v) is 11.3. The largest absolute Gasteiger partial charge is 0.355 e. The highest BCUT2D eigenvalue weighted by molar-refractivity contribution is 14.0. The lowest BCUT2D eigenvalue weighted by atomic mass is 10.2. The van der Waals surface area contributed by atoms with Gasteiger partial charge in [-0.05, 0) is 46.5 Å². The van der Waals surface area contributed by atoms with Gasteiger partial charge in [-0.2, -0.15) is 0 Å². The number of aliphatic imine (C=N–C) groups is 1. The summed E-state index contributed by atoms with van der Waals surface area (Å²) in [7, 11) is 1.87. The Kier molecular flexibility index (Phi) is 9.94. The molecule has 1 amide bonds. The maximum atomic E-state index is 12.7. The summed E-state index contributed by atoms with van der Waals surface area (Å²) >= 11 is 0. The molecule has 0 spiro atoms. The number of amides is 1. The van der Waals surface area contributed by atoms with Crippen LogP contribution in [0.15, 0.2) is 4.99 Å². The molecular formula is C21H41IN6O. The molecule has 2 aliphatic heterocycles. The third-order valence-electron chi connectivity index (χ3n) is 6.48. The molecule has 3 aliphatic rings. The second-order valence-corrected chi connectivity index (χ2v) is 8.77. The second-order valence-electron chi connectivity index (χ2n) is 8.77. The highest BCUT2D eigenvalue weighted by Crippen LogP contribution is 2.27. The van der Waals surface area contributed by atoms with Crippen LogP contribution in [0.4, 0.5) is 0 Å². The Hall–Kier alpha value is -0.610. The van der Waals surface area contributed by atoms with Crippen molar-refractivity contribution in [1.29, 1.82) is 0 Å². The first kappa shape index (κ1) is 24.7. The maximum Gasteiger partial charge on any atom is 0.239 e. The van der Waals surface area contributed by atoms with Gasteiger partial charge in [0.05, 0.1) is 6.04 Å². The van der Waals surface area contributed by atoms with Gasteiger partial charge in [0.25, 0.3) is 0 Å². The number of nitrogens with zero attached hydrogens (tertiary/aromatic N) is 5. The van der Waals surface area contributed by atoms with Gasteiger partial charge >= 0.3 is 0 Å². The standard InChI is InChI=1S/C21H40N6O.HI/c1-17(2)27(19-7-8-19)12-9-23-21(22-4)26-15-13-24(14-16-26)18(3)20(28)25-10-5-6-11-25;/h17-19H,5-16H2,1-4H3,(H,22,23);1H. The SMILES string of the molecule is CN=C(NCCN(C(C)C)C1CC1)N1CCN(C(C)C(=O)N2CCCC2)CC1.I. The minimum absolute atomic E-state index is 0. The van der Waals surface area contributed by atoms with E-state index in [9.17, 15) is 4.79 Å². The van der Waals surface area contributed by atoms with E-state index in [0.717, 1.165) is 77.2 Å². The smallest absolute Gasteiger partial charge is 0.239 e. The first-order chi connectivity index (χ1) is 13.5. The monoisotopic (exact) mass is 520 g/mol. The van der Waals surface area contributed by atoms with Gasteiger partial charge in [0.2, 0.25) is 5.91 Å². The lowest BCUT2D eigenvalue weighted by Crippen LogP contribution is -2.57. The summed E-state index contributed by atoms with van der Waals surface area (Å²) < 4.78 is 0. The summed E-state index contributed by atoms with van der Waals surface area (Å²) in [6.07, 6.45) is 5.01. The van der Waals surface area contributed by atoms with Gasteiger partial charge in [-0.25, -0.2) is 0 Å². The lowest BCUT2D eigenvalue weighted by molar-refractivity contribution is -0.135. The van der Waals surface area contributed by atoms with E-state index in [1.807, 2.05) is 11.9 Å². The van der Waals surface area contributed by atoms with Crippen molar-refractivity contribution in [2.75, 3.05) is 59.4 Å². The van der Waals surface area contributed by atoms with E-state index >= 15 is 0 Å². The lowest BCUT2D eigenvalue weighted by Gasteiger charge is -2.39. The molecule has 1 aliphatic carbocycles. The van der Waals surface area contributed by atoms with E-state index < -0.39 is 0 Å². The number of likely N-dealkylation sites (tertiary alicyclic amines) is 1. The zero-order chi connectivity index (χ0) is 20.1. The van der Waals surface area contributed by atoms with E-state index in [-0.39, 0.29) is 30.0 Å². The Morgan fingerprint density at radius 3 is 2.17 bits per heavy atom. The average Bonchev–Trinajstić information content (AvgIpc) is 3.39. The van der Waals surface area contributed by atoms with E-state index in [0.29, 0.717) is 11.9 Å². The fourth-order valence-corrected chi connectivity index (χ4v) is 4.58. The zero-order valence-corrected chi connectivity index (χ0v) is 21.1. The normalized spacial score (nSPS) is 22.2. The van der Waals surface area contributed by atoms with Crippen LogP contribution in [-0.2, 0) is 4.79 Å². The van der Waals surface area contributed by atoms with Crippen molar-refractivity contribution < 1.29 is 4.79 Å². The van der Waals surface area contributed by atoms with E-state index in [1.54, 1.807) is 0 Å². The van der Waals surface area contributed by atoms with Crippen molar-refractivity contribution in [2.45, 2.75) is 64.6 Å². The molecule has 0 aromatic heterocycles. The van der Waals surface area contributed by atoms with Gasteiger partial charge in [0.1, 0.15) is 0 Å². The number of piperazine rings is 1. The average molecular weight is 521 g/mol. The number of halogens is 1. The Bertz CT molecular complexity index is 537. The van der Waals surface area contributed by atoms with Crippen molar-refractivity contribution in [3.05, 3.63) is 0 Å². The molecule has 0 bridgehead atoms. The Labute approximate surface area is 194 Å². The summed E-state index contributed by atoms with van der Waals surface area (Å²) in [5.41, 5.74) is 0. The predicted octanol–water partition coefficient (Wildman–Crippen LogP) is 1.68. The van der Waals surface area contributed by atoms with Crippen LogP contribution in [0.25, 0.3) is 0 Å². The molecule has 2 heterocycles. The van der Waals surface area contributed by atoms with E-state index in [2.05, 4.69) is 45.8 Å². The number of guanidine groups is 1. The highest BCUT2D eigenvalue weighted by atomic mass is 127. The minimum atomic E-state index is -0.00614. The van der Waals surface area contributed by atoms with Gasteiger partial charge in [-0.15, -0.1) is 24.0 Å². The van der Waals surface area contributed by atoms with Crippen LogP contribution >= 0.6 is 24.0 Å². The molecule has 1 N–H and O–H groups in total. The van der Waals surface area contributed by atoms with Gasteiger partial charge in [-0.3, -0.25) is 19.6 Å². The van der Waals surface area contributed by atoms with Crippen molar-refractivity contribution in [1.82, 2.24) is 24.9 Å². The van der Waals surface area contributed by atoms with Crippen LogP contribution in [0, 0.1) is 0 Å². The molecule has 1 saturated carbocycles. The topological polar surface area (TPSA) is 54.4 Å². The van der Waals surface area contributed by atoms with Crippen molar-refractivity contribution in [3.63, 3.8) is 0 Å². The Morgan fingerprint density at radius 2 is 1.66 bits per heavy atom. The highest BCUT2D eigenvalue weighted by Gasteiger charge is 2.31. The molecule has 2 saturated heterocycles. The van der Waals surface area contributed by atoms with Crippen molar-refractivity contribution in [3.8, 4) is 0 Å². The molecule has 1 atom stereocenters. The van der Waals surface area contributed by atoms with E-state index in [4.69, 9.17) is 0 Å². The molecule has 8 heteroatoms. The fraction of sp³-hybridized carbons (Fsp3) is 0.905. The molecule has 1 unspecified atom stereocenters. The van der Waals surface area contributed by atoms with Gasteiger partial charge in [0, 0.05) is 71.5 Å². The Morgan fingerprint density at radius 1 is 1.03 bits per heavy atom. The van der Waals surface area contributed by atoms with Crippen LogP contribution < -0.4 is 5.32 Å². The minimum Gasteiger partial charge on any atom is -0.355 e. The van der Waals surface area contributed by atoms with Crippen LogP contribution in [0.3, 0.4) is 0 Å². The van der Waals surface area contributed by atoms with Gasteiger partial charge in [0.15, 0.2) is 5.96 Å². The summed E-state index contributed by atoms with van der Waals surface area (Å²) in [6.45, 7) is 14.2. The van der Waals surface area contributed by atoms with Gasteiger partial charge in [-0.1, -0.05) is 0 Å². The predicted molar refractivity (Wildman–Crippen MR) is 130 cm³/mol. The van der Waals surface area contributed by atoms with Crippen molar-refractivity contribution in [2.24, 2.45) is 4.99 Å². The number of rotatable bonds is 7. The fourth-order valence-electron chi connectivity index (χ4n) is 4.58. The van der Waals surface area contributed by atoms with Crippen LogP contribution in [0.2, 0.25) is 0 Å². The summed E-state index contributed by atoms with van der Waals surface area (Å²) in [5, 5.41) is 3.56. The molecule has 0 aromatic carbocycles. The summed E-state index contributed by atoms with van der Waals surface area (Å²) in [6, 6.07) is 1.39. The van der Waals surface area contributed by atoms with Crippen LogP contribution in [0.5, 0.6) is 0 Å². The third kappa shape index (κ3) is 6.69. The number of carbonyl (C=O) groups excluding carboxylic acids is 1. The summed E-state index contributed by atoms with van der Waals surface area (Å²) in [5.74, 6) is 1.31. The molecule has 0 radical (unpaired) electrons. The van der Waals surface area contributed by atoms with E-state index in [1.165, 1.54) is 12.8 Å². The zero-order valence-electron chi connectivity index (χ0n) is 18.8.